The number of fused-ring (bicyclic) bond motifs is 1. The van der Waals surface area contributed by atoms with Crippen molar-refractivity contribution in [2.45, 2.75) is 52.5 Å². The molecule has 0 radical (unpaired) electrons. The van der Waals surface area contributed by atoms with Crippen molar-refractivity contribution in [1.29, 1.82) is 0 Å². The number of pyridine rings is 1. The highest BCUT2D eigenvalue weighted by molar-refractivity contribution is 5.97. The number of carbonyl (C=O) groups excluding carboxylic acids is 1. The normalized spacial score (nSPS) is 12.4. The van der Waals surface area contributed by atoms with E-state index in [-0.39, 0.29) is 10.5 Å². The van der Waals surface area contributed by atoms with Crippen LogP contribution in [0.5, 0.6) is 5.75 Å². The van der Waals surface area contributed by atoms with E-state index in [0.717, 1.165) is 6.42 Å². The average Bonchev–Trinajstić information content (AvgIpc) is 3.12. The topological polar surface area (TPSA) is 60.2 Å². The van der Waals surface area contributed by atoms with E-state index in [4.69, 9.17) is 4.74 Å². The van der Waals surface area contributed by atoms with Crippen molar-refractivity contribution in [3.8, 4) is 5.75 Å². The van der Waals surface area contributed by atoms with Crippen LogP contribution in [-0.4, -0.2) is 57.4 Å². The Labute approximate surface area is 210 Å². The molecule has 0 atom stereocenters. The fourth-order valence-electron chi connectivity index (χ4n) is 3.83. The Morgan fingerprint density at radius 2 is 1.73 bits per heavy atom. The molecule has 0 aliphatic carbocycles. The van der Waals surface area contributed by atoms with Gasteiger partial charge < -0.3 is 14.2 Å². The summed E-state index contributed by atoms with van der Waals surface area (Å²) in [6, 6.07) is 7.54. The van der Waals surface area contributed by atoms with E-state index in [1.807, 2.05) is 11.5 Å². The molecule has 0 fully saturated rings. The highest BCUT2D eigenvalue weighted by atomic mass is 19.4. The van der Waals surface area contributed by atoms with Crippen molar-refractivity contribution in [3.05, 3.63) is 53.6 Å². The molecule has 0 unspecified atom stereocenters. The summed E-state index contributed by atoms with van der Waals surface area (Å²) in [4.78, 5) is 21.4. The van der Waals surface area contributed by atoms with E-state index < -0.39 is 31.3 Å². The first kappa shape index (κ1) is 28.3. The van der Waals surface area contributed by atoms with Crippen molar-refractivity contribution >= 4 is 16.9 Å². The van der Waals surface area contributed by atoms with Crippen molar-refractivity contribution in [3.63, 3.8) is 0 Å². The quantitative estimate of drug-likeness (QED) is 0.300. The van der Waals surface area contributed by atoms with E-state index >= 15 is 0 Å². The molecule has 0 aliphatic rings. The summed E-state index contributed by atoms with van der Waals surface area (Å²) < 4.78 is 84.7. The van der Waals surface area contributed by atoms with Crippen LogP contribution in [0.25, 0.3) is 11.0 Å². The third-order valence-electron chi connectivity index (χ3n) is 5.48. The zero-order valence-electron chi connectivity index (χ0n) is 20.7. The van der Waals surface area contributed by atoms with Crippen molar-refractivity contribution < 1.29 is 35.9 Å². The molecule has 0 bridgehead atoms. The molecule has 6 nitrogen and oxygen atoms in total. The lowest BCUT2D eigenvalue weighted by molar-refractivity contribution is -0.171. The van der Waals surface area contributed by atoms with Gasteiger partial charge in [0.25, 0.3) is 5.91 Å². The minimum Gasteiger partial charge on any atom is -0.492 e. The molecule has 1 amide bonds. The van der Waals surface area contributed by atoms with Gasteiger partial charge in [-0.15, -0.1) is 0 Å². The van der Waals surface area contributed by atoms with Gasteiger partial charge in [-0.25, -0.2) is 4.98 Å². The number of benzene rings is 1. The van der Waals surface area contributed by atoms with Gasteiger partial charge in [0.1, 0.15) is 24.7 Å². The highest BCUT2D eigenvalue weighted by Crippen LogP contribution is 2.26. The largest absolute Gasteiger partial charge is 0.492 e. The van der Waals surface area contributed by atoms with Crippen LogP contribution in [0.4, 0.5) is 26.3 Å². The Morgan fingerprint density at radius 1 is 1.05 bits per heavy atom. The van der Waals surface area contributed by atoms with Gasteiger partial charge in [0.05, 0.1) is 23.8 Å². The predicted molar refractivity (Wildman–Crippen MR) is 125 cm³/mol. The number of halogens is 6. The molecule has 3 aromatic rings. The first-order chi connectivity index (χ1) is 17.3. The highest BCUT2D eigenvalue weighted by Gasteiger charge is 2.40. The van der Waals surface area contributed by atoms with Crippen LogP contribution in [0.1, 0.15) is 49.1 Å². The monoisotopic (exact) mass is 530 g/mol. The van der Waals surface area contributed by atoms with Gasteiger partial charge >= 0.3 is 12.4 Å². The Bertz CT molecular complexity index is 1190. The number of nitrogens with zero attached hydrogens (tertiary/aromatic N) is 4. The van der Waals surface area contributed by atoms with Crippen LogP contribution in [0, 0.1) is 5.92 Å². The van der Waals surface area contributed by atoms with E-state index in [9.17, 15) is 31.1 Å². The molecule has 1 aromatic carbocycles. The molecule has 2 heterocycles. The standard InChI is InChI=1S/C25H28F6N4O2/c1-4-37-19-7-6-18(32-13-19)12-22-33-20-11-17(5-8-21(20)35(22)10-9-16(2)3)23(36)34(14-24(26,27)28)15-25(29,30)31/h5-8,11,13,16H,4,9-10,12,14-15H2,1-3H3. The van der Waals surface area contributed by atoms with Gasteiger partial charge in [0.2, 0.25) is 0 Å². The number of rotatable bonds is 10. The Hall–Kier alpha value is -3.31. The smallest absolute Gasteiger partial charge is 0.406 e. The first-order valence-corrected chi connectivity index (χ1v) is 11.8. The van der Waals surface area contributed by atoms with E-state index in [0.29, 0.717) is 53.8 Å². The molecule has 3 rings (SSSR count). The molecular weight excluding hydrogens is 502 g/mol. The summed E-state index contributed by atoms with van der Waals surface area (Å²) in [7, 11) is 0. The number of carbonyl (C=O) groups is 1. The number of hydrogen-bond acceptors (Lipinski definition) is 4. The number of alkyl halides is 6. The number of imidazole rings is 1. The zero-order valence-corrected chi connectivity index (χ0v) is 20.7. The number of hydrogen-bond donors (Lipinski definition) is 0. The summed E-state index contributed by atoms with van der Waals surface area (Å²) in [5.74, 6) is 0.223. The fourth-order valence-corrected chi connectivity index (χ4v) is 3.83. The van der Waals surface area contributed by atoms with E-state index in [1.165, 1.54) is 18.2 Å². The fraction of sp³-hybridized carbons (Fsp3) is 0.480. The van der Waals surface area contributed by atoms with Crippen molar-refractivity contribution in [2.75, 3.05) is 19.7 Å². The lowest BCUT2D eigenvalue weighted by Crippen LogP contribution is -2.44. The lowest BCUT2D eigenvalue weighted by Gasteiger charge is -2.25. The van der Waals surface area contributed by atoms with E-state index in [1.54, 1.807) is 18.3 Å². The molecule has 0 saturated heterocycles. The second kappa shape index (κ2) is 11.4. The van der Waals surface area contributed by atoms with Crippen molar-refractivity contribution in [2.24, 2.45) is 5.92 Å². The van der Waals surface area contributed by atoms with Gasteiger partial charge in [-0.2, -0.15) is 26.3 Å². The van der Waals surface area contributed by atoms with Gasteiger partial charge in [-0.1, -0.05) is 13.8 Å². The lowest BCUT2D eigenvalue weighted by atomic mass is 10.1. The van der Waals surface area contributed by atoms with Crippen LogP contribution in [-0.2, 0) is 13.0 Å². The number of aromatic nitrogens is 3. The molecule has 0 spiro atoms. The molecule has 2 aromatic heterocycles. The molecule has 12 heteroatoms. The molecule has 202 valence electrons. The van der Waals surface area contributed by atoms with Gasteiger partial charge in [0, 0.05) is 24.2 Å². The Balaban J connectivity index is 1.97. The van der Waals surface area contributed by atoms with Gasteiger partial charge in [0.15, 0.2) is 0 Å². The maximum atomic E-state index is 12.9. The van der Waals surface area contributed by atoms with Gasteiger partial charge in [-0.3, -0.25) is 9.78 Å². The van der Waals surface area contributed by atoms with Crippen LogP contribution in [0.15, 0.2) is 36.5 Å². The molecule has 37 heavy (non-hydrogen) atoms. The molecular formula is C25H28F6N4O2. The average molecular weight is 531 g/mol. The minimum atomic E-state index is -4.98. The minimum absolute atomic E-state index is 0.248. The third kappa shape index (κ3) is 8.09. The first-order valence-electron chi connectivity index (χ1n) is 11.8. The summed E-state index contributed by atoms with van der Waals surface area (Å²) in [6.45, 7) is 3.02. The van der Waals surface area contributed by atoms with Gasteiger partial charge in [-0.05, 0) is 49.6 Å². The number of amides is 1. The summed E-state index contributed by atoms with van der Waals surface area (Å²) in [5, 5.41) is 0. The molecule has 0 aliphatic heterocycles. The Kier molecular flexibility index (Phi) is 8.70. The predicted octanol–water partition coefficient (Wildman–Crippen LogP) is 6.03. The third-order valence-corrected chi connectivity index (χ3v) is 5.48. The van der Waals surface area contributed by atoms with Crippen molar-refractivity contribution in [1.82, 2.24) is 19.4 Å². The van der Waals surface area contributed by atoms with Crippen LogP contribution in [0.2, 0.25) is 0 Å². The second-order valence-corrected chi connectivity index (χ2v) is 9.05. The molecule has 0 saturated carbocycles. The summed E-state index contributed by atoms with van der Waals surface area (Å²) >= 11 is 0. The maximum absolute atomic E-state index is 12.9. The summed E-state index contributed by atoms with van der Waals surface area (Å²) in [5.41, 5.74) is 1.31. The number of ether oxygens (including phenoxy) is 1. The van der Waals surface area contributed by atoms with Crippen LogP contribution >= 0.6 is 0 Å². The molecule has 0 N–H and O–H groups in total. The van der Waals surface area contributed by atoms with E-state index in [2.05, 4.69) is 23.8 Å². The van der Waals surface area contributed by atoms with Crippen LogP contribution in [0.3, 0.4) is 0 Å². The summed E-state index contributed by atoms with van der Waals surface area (Å²) in [6.07, 6.45) is -7.24. The Morgan fingerprint density at radius 3 is 2.27 bits per heavy atom. The van der Waals surface area contributed by atoms with Crippen LogP contribution < -0.4 is 4.74 Å². The zero-order chi connectivity index (χ0) is 27.4. The second-order valence-electron chi connectivity index (χ2n) is 9.05. The SMILES string of the molecule is CCOc1ccc(Cc2nc3cc(C(=O)N(CC(F)(F)F)CC(F)(F)F)ccc3n2CCC(C)C)nc1. The maximum Gasteiger partial charge on any atom is 0.406 e. The number of aryl methyl sites for hydroxylation is 1.